The molecule has 1 aromatic carbocycles. The summed E-state index contributed by atoms with van der Waals surface area (Å²) in [7, 11) is 0. The molecule has 0 aliphatic rings. The van der Waals surface area contributed by atoms with Crippen molar-refractivity contribution >= 4 is 15.9 Å². The van der Waals surface area contributed by atoms with Crippen LogP contribution >= 0.6 is 15.9 Å². The smallest absolute Gasteiger partial charge is 0.0581 e. The molecular weight excluding hydrogens is 238 g/mol. The van der Waals surface area contributed by atoms with Gasteiger partial charge in [0.1, 0.15) is 0 Å². The number of halogens is 1. The number of nitrogens with one attached hydrogen (secondary N) is 1. The molecule has 1 rings (SSSR count). The van der Waals surface area contributed by atoms with Gasteiger partial charge in [0.2, 0.25) is 0 Å². The van der Waals surface area contributed by atoms with Gasteiger partial charge in [0, 0.05) is 10.5 Å². The molecule has 1 N–H and O–H groups in total. The monoisotopic (exact) mass is 251 g/mol. The Bertz CT molecular complexity index is 349. The van der Waals surface area contributed by atoms with Crippen molar-refractivity contribution in [3.05, 3.63) is 34.3 Å². The fourth-order valence-electron chi connectivity index (χ4n) is 1.23. The van der Waals surface area contributed by atoms with Crippen LogP contribution in [0.2, 0.25) is 0 Å². The van der Waals surface area contributed by atoms with Gasteiger partial charge in [-0.15, -0.1) is 5.92 Å². The normalized spacial score (nSPS) is 11.6. The van der Waals surface area contributed by atoms with Gasteiger partial charge < -0.3 is 0 Å². The largest absolute Gasteiger partial charge is 0.300 e. The van der Waals surface area contributed by atoms with Gasteiger partial charge in [-0.3, -0.25) is 5.32 Å². The number of benzene rings is 1. The van der Waals surface area contributed by atoms with Crippen LogP contribution < -0.4 is 5.32 Å². The summed E-state index contributed by atoms with van der Waals surface area (Å²) in [6.45, 7) is 4.72. The van der Waals surface area contributed by atoms with Crippen LogP contribution in [0.5, 0.6) is 0 Å². The van der Waals surface area contributed by atoms with E-state index >= 15 is 0 Å². The lowest BCUT2D eigenvalue weighted by Crippen LogP contribution is -2.19. The van der Waals surface area contributed by atoms with Crippen LogP contribution in [0.1, 0.15) is 25.5 Å². The standard InChI is InChI=1S/C12H14BrN/c1-3-4-9-14-10(2)11-7-5-6-8-12(11)13/h5-8,10,14H,9H2,1-2H3/t10-/m1/s1. The lowest BCUT2D eigenvalue weighted by Gasteiger charge is -2.13. The first kappa shape index (κ1) is 11.3. The summed E-state index contributed by atoms with van der Waals surface area (Å²) in [4.78, 5) is 0. The summed E-state index contributed by atoms with van der Waals surface area (Å²) in [6.07, 6.45) is 0. The van der Waals surface area contributed by atoms with E-state index in [4.69, 9.17) is 0 Å². The molecule has 0 saturated heterocycles. The Morgan fingerprint density at radius 3 is 2.79 bits per heavy atom. The van der Waals surface area contributed by atoms with E-state index in [1.165, 1.54) is 5.56 Å². The topological polar surface area (TPSA) is 12.0 Å². The molecule has 0 spiro atoms. The van der Waals surface area contributed by atoms with E-state index in [0.717, 1.165) is 11.0 Å². The fourth-order valence-corrected chi connectivity index (χ4v) is 1.86. The lowest BCUT2D eigenvalue weighted by atomic mass is 10.1. The van der Waals surface area contributed by atoms with Crippen molar-refractivity contribution < 1.29 is 0 Å². The van der Waals surface area contributed by atoms with Crippen molar-refractivity contribution in [1.82, 2.24) is 5.32 Å². The zero-order chi connectivity index (χ0) is 10.4. The Morgan fingerprint density at radius 1 is 1.43 bits per heavy atom. The van der Waals surface area contributed by atoms with Crippen molar-refractivity contribution in [3.8, 4) is 11.8 Å². The summed E-state index contributed by atoms with van der Waals surface area (Å²) >= 11 is 3.53. The maximum absolute atomic E-state index is 3.53. The van der Waals surface area contributed by atoms with E-state index in [9.17, 15) is 0 Å². The van der Waals surface area contributed by atoms with E-state index in [2.05, 4.69) is 52.1 Å². The SMILES string of the molecule is CC#CCN[C@H](C)c1ccccc1Br. The van der Waals surface area contributed by atoms with Gasteiger partial charge in [-0.2, -0.15) is 0 Å². The molecule has 0 aromatic heterocycles. The van der Waals surface area contributed by atoms with Crippen LogP contribution in [0, 0.1) is 11.8 Å². The Morgan fingerprint density at radius 2 is 2.14 bits per heavy atom. The fraction of sp³-hybridized carbons (Fsp3) is 0.333. The molecule has 0 fully saturated rings. The third-order valence-corrected chi connectivity index (χ3v) is 2.77. The first-order valence-corrected chi connectivity index (χ1v) is 5.42. The third kappa shape index (κ3) is 3.17. The van der Waals surface area contributed by atoms with Gasteiger partial charge in [0.15, 0.2) is 0 Å². The van der Waals surface area contributed by atoms with Crippen LogP contribution in [0.3, 0.4) is 0 Å². The van der Waals surface area contributed by atoms with Crippen molar-refractivity contribution in [2.75, 3.05) is 6.54 Å². The Hall–Kier alpha value is -0.780. The molecule has 74 valence electrons. The highest BCUT2D eigenvalue weighted by molar-refractivity contribution is 9.10. The lowest BCUT2D eigenvalue weighted by molar-refractivity contribution is 0.621. The van der Waals surface area contributed by atoms with E-state index in [1.54, 1.807) is 0 Å². The van der Waals surface area contributed by atoms with Gasteiger partial charge in [0.05, 0.1) is 6.54 Å². The van der Waals surface area contributed by atoms with Crippen LogP contribution in [-0.4, -0.2) is 6.54 Å². The van der Waals surface area contributed by atoms with E-state index in [-0.39, 0.29) is 0 Å². The van der Waals surface area contributed by atoms with Crippen molar-refractivity contribution in [2.45, 2.75) is 19.9 Å². The second-order valence-electron chi connectivity index (χ2n) is 3.05. The van der Waals surface area contributed by atoms with Crippen molar-refractivity contribution in [1.29, 1.82) is 0 Å². The van der Waals surface area contributed by atoms with Crippen LogP contribution in [0.25, 0.3) is 0 Å². The molecule has 0 radical (unpaired) electrons. The summed E-state index contributed by atoms with van der Waals surface area (Å²) < 4.78 is 1.14. The maximum atomic E-state index is 3.53. The molecule has 0 aliphatic heterocycles. The number of hydrogen-bond acceptors (Lipinski definition) is 1. The summed E-state index contributed by atoms with van der Waals surface area (Å²) in [5.74, 6) is 5.86. The highest BCUT2D eigenvalue weighted by Gasteiger charge is 2.06. The molecule has 0 amide bonds. The maximum Gasteiger partial charge on any atom is 0.0581 e. The van der Waals surface area contributed by atoms with Gasteiger partial charge >= 0.3 is 0 Å². The first-order valence-electron chi connectivity index (χ1n) is 4.63. The van der Waals surface area contributed by atoms with Gasteiger partial charge in [-0.1, -0.05) is 40.0 Å². The average Bonchev–Trinajstić information content (AvgIpc) is 2.18. The predicted octanol–water partition coefficient (Wildman–Crippen LogP) is 3.12. The number of rotatable bonds is 3. The van der Waals surface area contributed by atoms with Crippen LogP contribution in [0.4, 0.5) is 0 Å². The molecule has 0 unspecified atom stereocenters. The van der Waals surface area contributed by atoms with Crippen molar-refractivity contribution in [3.63, 3.8) is 0 Å². The van der Waals surface area contributed by atoms with E-state index in [0.29, 0.717) is 6.04 Å². The molecule has 1 nitrogen and oxygen atoms in total. The molecule has 0 bridgehead atoms. The minimum Gasteiger partial charge on any atom is -0.300 e. The molecule has 1 aromatic rings. The molecule has 0 aliphatic carbocycles. The van der Waals surface area contributed by atoms with Gasteiger partial charge in [-0.25, -0.2) is 0 Å². The van der Waals surface area contributed by atoms with Crippen molar-refractivity contribution in [2.24, 2.45) is 0 Å². The van der Waals surface area contributed by atoms with E-state index in [1.807, 2.05) is 19.1 Å². The minimum atomic E-state index is 0.325. The second kappa shape index (κ2) is 5.85. The molecule has 2 heteroatoms. The summed E-state index contributed by atoms with van der Waals surface area (Å²) in [5.41, 5.74) is 1.27. The second-order valence-corrected chi connectivity index (χ2v) is 3.91. The Balaban J connectivity index is 2.63. The van der Waals surface area contributed by atoms with Crippen LogP contribution in [-0.2, 0) is 0 Å². The Labute approximate surface area is 94.0 Å². The van der Waals surface area contributed by atoms with Gasteiger partial charge in [-0.05, 0) is 25.5 Å². The average molecular weight is 252 g/mol. The molecule has 0 saturated carbocycles. The first-order chi connectivity index (χ1) is 6.75. The highest BCUT2D eigenvalue weighted by Crippen LogP contribution is 2.22. The third-order valence-electron chi connectivity index (χ3n) is 2.05. The summed E-state index contributed by atoms with van der Waals surface area (Å²) in [5, 5.41) is 3.34. The Kier molecular flexibility index (Phi) is 4.72. The zero-order valence-corrected chi connectivity index (χ0v) is 10.1. The summed E-state index contributed by atoms with van der Waals surface area (Å²) in [6, 6.07) is 8.56. The predicted molar refractivity (Wildman–Crippen MR) is 64.0 cm³/mol. The number of hydrogen-bond donors (Lipinski definition) is 1. The minimum absolute atomic E-state index is 0.325. The molecular formula is C12H14BrN. The van der Waals surface area contributed by atoms with E-state index < -0.39 is 0 Å². The zero-order valence-electron chi connectivity index (χ0n) is 8.47. The van der Waals surface area contributed by atoms with Gasteiger partial charge in [0.25, 0.3) is 0 Å². The molecule has 14 heavy (non-hydrogen) atoms. The quantitative estimate of drug-likeness (QED) is 0.815. The molecule has 1 atom stereocenters. The highest BCUT2D eigenvalue weighted by atomic mass is 79.9. The van der Waals surface area contributed by atoms with Crippen LogP contribution in [0.15, 0.2) is 28.7 Å². The molecule has 0 heterocycles.